The minimum atomic E-state index is -4.59. The first kappa shape index (κ1) is 24.2. The molecule has 1 fully saturated rings. The first-order valence-electron chi connectivity index (χ1n) is 10.2. The average molecular weight is 529 g/mol. The van der Waals surface area contributed by atoms with E-state index in [-0.39, 0.29) is 16.1 Å². The molecule has 1 unspecified atom stereocenters. The summed E-state index contributed by atoms with van der Waals surface area (Å²) in [5, 5.41) is 5.75. The highest BCUT2D eigenvalue weighted by Crippen LogP contribution is 2.39. The van der Waals surface area contributed by atoms with Gasteiger partial charge in [0, 0.05) is 18.2 Å². The lowest BCUT2D eigenvalue weighted by atomic mass is 10.1. The highest BCUT2D eigenvalue weighted by molar-refractivity contribution is 7.86. The van der Waals surface area contributed by atoms with E-state index in [0.717, 1.165) is 24.1 Å². The van der Waals surface area contributed by atoms with Crippen LogP contribution in [0.15, 0.2) is 35.2 Å². The Labute approximate surface area is 205 Å². The fourth-order valence-corrected chi connectivity index (χ4v) is 6.59. The Hall–Kier alpha value is -1.95. The van der Waals surface area contributed by atoms with Gasteiger partial charge in [-0.25, -0.2) is 9.78 Å². The Kier molecular flexibility index (Phi) is 7.13. The Bertz CT molecular complexity index is 1310. The van der Waals surface area contributed by atoms with Gasteiger partial charge in [0.05, 0.1) is 20.3 Å². The van der Waals surface area contributed by atoms with Crippen LogP contribution in [-0.4, -0.2) is 55.1 Å². The van der Waals surface area contributed by atoms with E-state index in [2.05, 4.69) is 27.6 Å². The van der Waals surface area contributed by atoms with Gasteiger partial charge in [-0.2, -0.15) is 8.42 Å². The van der Waals surface area contributed by atoms with E-state index >= 15 is 0 Å². The van der Waals surface area contributed by atoms with E-state index in [1.807, 2.05) is 0 Å². The lowest BCUT2D eigenvalue weighted by Crippen LogP contribution is -2.34. The zero-order chi connectivity index (χ0) is 23.8. The molecule has 0 aliphatic carbocycles. The van der Waals surface area contributed by atoms with E-state index in [1.54, 1.807) is 24.3 Å². The summed E-state index contributed by atoms with van der Waals surface area (Å²) in [5.74, 6) is 0. The number of rotatable bonds is 6. The highest BCUT2D eigenvalue weighted by atomic mass is 35.5. The van der Waals surface area contributed by atoms with Gasteiger partial charge in [0.15, 0.2) is 5.13 Å². The van der Waals surface area contributed by atoms with Gasteiger partial charge in [-0.15, -0.1) is 0 Å². The van der Waals surface area contributed by atoms with Crippen molar-refractivity contribution in [2.75, 3.05) is 25.5 Å². The van der Waals surface area contributed by atoms with E-state index in [9.17, 15) is 17.8 Å². The fraction of sp³-hybridized carbons (Fsp3) is 0.333. The van der Waals surface area contributed by atoms with Crippen molar-refractivity contribution in [3.05, 3.63) is 40.4 Å². The molecule has 2 amide bonds. The maximum Gasteiger partial charge on any atom is 0.321 e. The number of nitrogens with zero attached hydrogens (tertiary/aromatic N) is 2. The van der Waals surface area contributed by atoms with Crippen LogP contribution in [0, 0.1) is 0 Å². The number of hydrogen-bond acceptors (Lipinski definition) is 6. The number of likely N-dealkylation sites (tertiary alicyclic amines) is 1. The summed E-state index contributed by atoms with van der Waals surface area (Å²) in [7, 11) is -2.49. The average Bonchev–Trinajstić information content (AvgIpc) is 3.31. The van der Waals surface area contributed by atoms with E-state index in [0.29, 0.717) is 34.4 Å². The second kappa shape index (κ2) is 9.73. The first-order valence-corrected chi connectivity index (χ1v) is 13.3. The van der Waals surface area contributed by atoms with E-state index in [4.69, 9.17) is 23.2 Å². The number of urea groups is 1. The Morgan fingerprint density at radius 1 is 1.30 bits per heavy atom. The second-order valence-corrected chi connectivity index (χ2v) is 11.0. The van der Waals surface area contributed by atoms with Gasteiger partial charge in [0.2, 0.25) is 0 Å². The van der Waals surface area contributed by atoms with Crippen LogP contribution in [0.5, 0.6) is 0 Å². The Morgan fingerprint density at radius 3 is 2.79 bits per heavy atom. The predicted molar refractivity (Wildman–Crippen MR) is 132 cm³/mol. The summed E-state index contributed by atoms with van der Waals surface area (Å²) in [6.45, 7) is 1.68. The molecular formula is C21H22Cl2N4O4S2. The molecule has 0 saturated carbocycles. The van der Waals surface area contributed by atoms with Crippen molar-refractivity contribution in [3.8, 4) is 11.1 Å². The Morgan fingerprint density at radius 2 is 2.09 bits per heavy atom. The van der Waals surface area contributed by atoms with Gasteiger partial charge in [-0.05, 0) is 56.6 Å². The molecule has 4 rings (SSSR count). The number of carbonyl (C=O) groups excluding carboxylic acids is 1. The number of nitrogens with one attached hydrogen (secondary N) is 2. The number of aromatic nitrogens is 1. The molecule has 1 saturated heterocycles. The molecule has 2 aromatic carbocycles. The molecule has 0 radical (unpaired) electrons. The number of benzene rings is 2. The molecule has 8 nitrogen and oxygen atoms in total. The summed E-state index contributed by atoms with van der Waals surface area (Å²) in [6.07, 6.45) is 3.25. The predicted octanol–water partition coefficient (Wildman–Crippen LogP) is 5.12. The van der Waals surface area contributed by atoms with Crippen molar-refractivity contribution in [2.24, 2.45) is 0 Å². The van der Waals surface area contributed by atoms with Crippen molar-refractivity contribution < 1.29 is 17.8 Å². The quantitative estimate of drug-likeness (QED) is 0.382. The summed E-state index contributed by atoms with van der Waals surface area (Å²) in [4.78, 5) is 18.5. The lowest BCUT2D eigenvalue weighted by molar-refractivity contribution is 0.248. The summed E-state index contributed by atoms with van der Waals surface area (Å²) >= 11 is 13.5. The van der Waals surface area contributed by atoms with Crippen LogP contribution in [-0.2, 0) is 10.1 Å². The number of fused-ring (bicyclic) bond motifs is 1. The third-order valence-electron chi connectivity index (χ3n) is 5.66. The van der Waals surface area contributed by atoms with Crippen LogP contribution >= 0.6 is 34.5 Å². The van der Waals surface area contributed by atoms with Crippen LogP contribution in [0.1, 0.15) is 19.3 Å². The maximum absolute atomic E-state index is 12.3. The lowest BCUT2D eigenvalue weighted by Gasteiger charge is -2.19. The molecule has 176 valence electrons. The molecule has 0 spiro atoms. The van der Waals surface area contributed by atoms with Crippen molar-refractivity contribution in [1.82, 2.24) is 15.2 Å². The zero-order valence-electron chi connectivity index (χ0n) is 17.6. The summed E-state index contributed by atoms with van der Waals surface area (Å²) < 4.78 is 33.6. The second-order valence-electron chi connectivity index (χ2n) is 7.86. The minimum Gasteiger partial charge on any atom is -0.338 e. The van der Waals surface area contributed by atoms with Gasteiger partial charge < -0.3 is 10.2 Å². The Balaban J connectivity index is 1.48. The highest BCUT2D eigenvalue weighted by Gasteiger charge is 2.23. The number of thiazole rings is 1. The fourth-order valence-electron chi connectivity index (χ4n) is 3.98. The third-order valence-corrected chi connectivity index (χ3v) is 8.47. The molecule has 0 bridgehead atoms. The molecule has 2 heterocycles. The standard InChI is InChI=1S/C21H22Cl2N4O4S2/c1-27-10-2-3-13(27)8-9-24-20(28)26-21-25-16-7-4-12(11-17(16)32-21)14-5-6-15(22)19(18(14)23)33(29,30)31/h4-7,11,13H,2-3,8-10H2,1H3,(H,29,30,31)(H2,24,25,26,28). The van der Waals surface area contributed by atoms with Gasteiger partial charge in [0.1, 0.15) is 4.90 Å². The van der Waals surface area contributed by atoms with Crippen LogP contribution < -0.4 is 10.6 Å². The van der Waals surface area contributed by atoms with Gasteiger partial charge in [-0.1, -0.05) is 46.7 Å². The number of amides is 2. The number of carbonyl (C=O) groups is 1. The zero-order valence-corrected chi connectivity index (χ0v) is 20.8. The topological polar surface area (TPSA) is 112 Å². The first-order chi connectivity index (χ1) is 15.6. The molecular weight excluding hydrogens is 507 g/mol. The van der Waals surface area contributed by atoms with Gasteiger partial charge >= 0.3 is 6.03 Å². The summed E-state index contributed by atoms with van der Waals surface area (Å²) in [6, 6.07) is 8.40. The molecule has 1 aromatic heterocycles. The number of anilines is 1. The largest absolute Gasteiger partial charge is 0.338 e. The van der Waals surface area contributed by atoms with Crippen LogP contribution in [0.3, 0.4) is 0 Å². The molecule has 1 aliphatic rings. The van der Waals surface area contributed by atoms with Gasteiger partial charge in [0.25, 0.3) is 10.1 Å². The van der Waals surface area contributed by atoms with Gasteiger partial charge in [-0.3, -0.25) is 9.87 Å². The van der Waals surface area contributed by atoms with E-state index < -0.39 is 15.0 Å². The summed E-state index contributed by atoms with van der Waals surface area (Å²) in [5.41, 5.74) is 1.69. The number of halogens is 2. The normalized spacial score (nSPS) is 16.9. The molecule has 3 N–H and O–H groups in total. The number of hydrogen-bond donors (Lipinski definition) is 3. The smallest absolute Gasteiger partial charge is 0.321 e. The molecule has 1 aliphatic heterocycles. The van der Waals surface area contributed by atoms with Crippen molar-refractivity contribution in [1.29, 1.82) is 0 Å². The SMILES string of the molecule is CN1CCCC1CCNC(=O)Nc1nc2ccc(-c3ccc(Cl)c(S(=O)(=O)O)c3Cl)cc2s1. The van der Waals surface area contributed by atoms with E-state index in [1.165, 1.54) is 23.8 Å². The minimum absolute atomic E-state index is 0.165. The van der Waals surface area contributed by atoms with Crippen LogP contribution in [0.2, 0.25) is 10.0 Å². The van der Waals surface area contributed by atoms with Crippen molar-refractivity contribution in [2.45, 2.75) is 30.2 Å². The monoisotopic (exact) mass is 528 g/mol. The van der Waals surface area contributed by atoms with Crippen LogP contribution in [0.25, 0.3) is 21.3 Å². The van der Waals surface area contributed by atoms with Crippen LogP contribution in [0.4, 0.5) is 9.93 Å². The van der Waals surface area contributed by atoms with Crippen molar-refractivity contribution >= 4 is 66.0 Å². The molecule has 1 atom stereocenters. The van der Waals surface area contributed by atoms with Crippen molar-refractivity contribution in [3.63, 3.8) is 0 Å². The molecule has 3 aromatic rings. The maximum atomic E-state index is 12.3. The third kappa shape index (κ3) is 5.42. The molecule has 33 heavy (non-hydrogen) atoms. The molecule has 12 heteroatoms.